The molecule has 0 radical (unpaired) electrons. The van der Waals surface area contributed by atoms with E-state index >= 15 is 0 Å². The van der Waals surface area contributed by atoms with Crippen molar-refractivity contribution in [1.29, 1.82) is 0 Å². The summed E-state index contributed by atoms with van der Waals surface area (Å²) in [6.07, 6.45) is 0. The second-order valence-electron chi connectivity index (χ2n) is 7.40. The van der Waals surface area contributed by atoms with Gasteiger partial charge in [0, 0.05) is 25.2 Å². The van der Waals surface area contributed by atoms with Gasteiger partial charge in [-0.3, -0.25) is 9.36 Å². The summed E-state index contributed by atoms with van der Waals surface area (Å²) in [6, 6.07) is 5.88. The monoisotopic (exact) mass is 388 g/mol. The SMILES string of the molecule is Cc1ccc(C(=O)CSc2nnc(N3CCOCC3)n2CC(C)C)cc1C. The van der Waals surface area contributed by atoms with E-state index in [1.165, 1.54) is 17.3 Å². The van der Waals surface area contributed by atoms with Crippen molar-refractivity contribution in [2.45, 2.75) is 39.4 Å². The number of nitrogens with zero attached hydrogens (tertiary/aromatic N) is 4. The Hall–Kier alpha value is -1.86. The standard InChI is InChI=1S/C20H28N4O2S/c1-14(2)12-24-19(23-7-9-26-10-8-23)21-22-20(24)27-13-18(25)17-6-5-15(3)16(4)11-17/h5-6,11,14H,7-10,12-13H2,1-4H3. The molecule has 3 rings (SSSR count). The molecule has 0 amide bonds. The highest BCUT2D eigenvalue weighted by Gasteiger charge is 2.22. The third kappa shape index (κ3) is 4.90. The number of carbonyl (C=O) groups is 1. The van der Waals surface area contributed by atoms with Crippen molar-refractivity contribution in [2.75, 3.05) is 37.0 Å². The van der Waals surface area contributed by atoms with E-state index in [1.807, 2.05) is 25.1 Å². The van der Waals surface area contributed by atoms with Gasteiger partial charge in [-0.2, -0.15) is 0 Å². The van der Waals surface area contributed by atoms with Crippen LogP contribution in [0.3, 0.4) is 0 Å². The van der Waals surface area contributed by atoms with Crippen LogP contribution in [0.2, 0.25) is 0 Å². The van der Waals surface area contributed by atoms with Gasteiger partial charge in [-0.1, -0.05) is 37.7 Å². The average molecular weight is 389 g/mol. The summed E-state index contributed by atoms with van der Waals surface area (Å²) >= 11 is 1.47. The van der Waals surface area contributed by atoms with Crippen LogP contribution in [0.4, 0.5) is 5.95 Å². The number of anilines is 1. The van der Waals surface area contributed by atoms with E-state index in [-0.39, 0.29) is 5.78 Å². The zero-order valence-corrected chi connectivity index (χ0v) is 17.4. The first-order chi connectivity index (χ1) is 13.0. The number of ether oxygens (including phenoxy) is 1. The Kier molecular flexibility index (Phi) is 6.55. The van der Waals surface area contributed by atoms with Crippen molar-refractivity contribution in [2.24, 2.45) is 5.92 Å². The van der Waals surface area contributed by atoms with Crippen molar-refractivity contribution in [3.8, 4) is 0 Å². The van der Waals surface area contributed by atoms with Crippen molar-refractivity contribution >= 4 is 23.5 Å². The lowest BCUT2D eigenvalue weighted by Gasteiger charge is -2.28. The maximum absolute atomic E-state index is 12.6. The number of hydrogen-bond donors (Lipinski definition) is 0. The van der Waals surface area contributed by atoms with Crippen LogP contribution in [0.1, 0.15) is 35.3 Å². The lowest BCUT2D eigenvalue weighted by atomic mass is 10.0. The molecule has 0 bridgehead atoms. The maximum atomic E-state index is 12.6. The molecule has 1 aromatic carbocycles. The molecule has 6 nitrogen and oxygen atoms in total. The van der Waals surface area contributed by atoms with Crippen LogP contribution in [-0.2, 0) is 11.3 Å². The molecule has 27 heavy (non-hydrogen) atoms. The number of rotatable bonds is 7. The van der Waals surface area contributed by atoms with Gasteiger partial charge >= 0.3 is 0 Å². The molecular weight excluding hydrogens is 360 g/mol. The number of benzene rings is 1. The van der Waals surface area contributed by atoms with E-state index in [4.69, 9.17) is 4.74 Å². The summed E-state index contributed by atoms with van der Waals surface area (Å²) in [4.78, 5) is 14.8. The molecule has 146 valence electrons. The van der Waals surface area contributed by atoms with E-state index in [2.05, 4.69) is 40.4 Å². The van der Waals surface area contributed by atoms with Crippen molar-refractivity contribution in [3.05, 3.63) is 34.9 Å². The highest BCUT2D eigenvalue weighted by atomic mass is 32.2. The van der Waals surface area contributed by atoms with Crippen molar-refractivity contribution in [3.63, 3.8) is 0 Å². The summed E-state index contributed by atoms with van der Waals surface area (Å²) < 4.78 is 7.59. The van der Waals surface area contributed by atoms with Gasteiger partial charge in [0.2, 0.25) is 5.95 Å². The Morgan fingerprint density at radius 3 is 2.59 bits per heavy atom. The molecule has 1 aliphatic heterocycles. The summed E-state index contributed by atoms with van der Waals surface area (Å²) in [5.41, 5.74) is 3.10. The van der Waals surface area contributed by atoms with Crippen LogP contribution in [0.25, 0.3) is 0 Å². The second kappa shape index (κ2) is 8.89. The Bertz CT molecular complexity index is 797. The van der Waals surface area contributed by atoms with Crippen LogP contribution in [0.5, 0.6) is 0 Å². The highest BCUT2D eigenvalue weighted by Crippen LogP contribution is 2.25. The number of aromatic nitrogens is 3. The Morgan fingerprint density at radius 2 is 1.93 bits per heavy atom. The number of thioether (sulfide) groups is 1. The molecule has 0 atom stereocenters. The molecule has 0 saturated carbocycles. The zero-order chi connectivity index (χ0) is 19.4. The topological polar surface area (TPSA) is 60.3 Å². The quantitative estimate of drug-likeness (QED) is 0.535. The summed E-state index contributed by atoms with van der Waals surface area (Å²) in [6.45, 7) is 12.3. The number of carbonyl (C=O) groups excluding carboxylic acids is 1. The van der Waals surface area contributed by atoms with Gasteiger partial charge in [0.1, 0.15) is 0 Å². The largest absolute Gasteiger partial charge is 0.378 e. The minimum atomic E-state index is 0.120. The fourth-order valence-electron chi connectivity index (χ4n) is 3.04. The molecule has 7 heteroatoms. The van der Waals surface area contributed by atoms with Crippen molar-refractivity contribution < 1.29 is 9.53 Å². The first-order valence-corrected chi connectivity index (χ1v) is 10.4. The number of morpholine rings is 1. The Morgan fingerprint density at radius 1 is 1.19 bits per heavy atom. The third-order valence-electron chi connectivity index (χ3n) is 4.70. The molecule has 0 aliphatic carbocycles. The summed E-state index contributed by atoms with van der Waals surface area (Å²) in [5.74, 6) is 1.83. The molecule has 0 N–H and O–H groups in total. The van der Waals surface area contributed by atoms with Gasteiger partial charge in [-0.15, -0.1) is 10.2 Å². The molecule has 2 aromatic rings. The van der Waals surface area contributed by atoms with Gasteiger partial charge in [0.15, 0.2) is 10.9 Å². The molecule has 0 spiro atoms. The number of Topliss-reactive ketones (excluding diaryl/α,β-unsaturated/α-hetero) is 1. The first kappa shape index (κ1) is 19.9. The summed E-state index contributed by atoms with van der Waals surface area (Å²) in [7, 11) is 0. The zero-order valence-electron chi connectivity index (χ0n) is 16.6. The van der Waals surface area contributed by atoms with Gasteiger partial charge < -0.3 is 9.64 Å². The maximum Gasteiger partial charge on any atom is 0.228 e. The highest BCUT2D eigenvalue weighted by molar-refractivity contribution is 7.99. The predicted molar refractivity (Wildman–Crippen MR) is 109 cm³/mol. The van der Waals surface area contributed by atoms with Crippen LogP contribution < -0.4 is 4.90 Å². The van der Waals surface area contributed by atoms with E-state index in [1.54, 1.807) is 0 Å². The molecule has 2 heterocycles. The molecule has 1 aromatic heterocycles. The molecule has 1 aliphatic rings. The number of ketones is 1. The molecule has 1 fully saturated rings. The normalized spacial score (nSPS) is 14.8. The summed E-state index contributed by atoms with van der Waals surface area (Å²) in [5, 5.41) is 9.61. The lowest BCUT2D eigenvalue weighted by molar-refractivity contribution is 0.102. The Balaban J connectivity index is 1.74. The van der Waals surface area contributed by atoms with E-state index < -0.39 is 0 Å². The van der Waals surface area contributed by atoms with Gasteiger partial charge in [-0.05, 0) is 37.0 Å². The minimum Gasteiger partial charge on any atom is -0.378 e. The second-order valence-corrected chi connectivity index (χ2v) is 8.34. The fourth-order valence-corrected chi connectivity index (χ4v) is 3.88. The van der Waals surface area contributed by atoms with E-state index in [9.17, 15) is 4.79 Å². The third-order valence-corrected chi connectivity index (χ3v) is 5.67. The smallest absolute Gasteiger partial charge is 0.228 e. The lowest BCUT2D eigenvalue weighted by Crippen LogP contribution is -2.38. The van der Waals surface area contributed by atoms with Crippen LogP contribution in [0.15, 0.2) is 23.4 Å². The van der Waals surface area contributed by atoms with Gasteiger partial charge in [0.25, 0.3) is 0 Å². The van der Waals surface area contributed by atoms with Gasteiger partial charge in [-0.25, -0.2) is 0 Å². The van der Waals surface area contributed by atoms with Crippen molar-refractivity contribution in [1.82, 2.24) is 14.8 Å². The molecule has 0 unspecified atom stereocenters. The first-order valence-electron chi connectivity index (χ1n) is 9.45. The predicted octanol–water partition coefficient (Wildman–Crippen LogP) is 3.36. The fraction of sp³-hybridized carbons (Fsp3) is 0.550. The Labute approximate surface area is 165 Å². The van der Waals surface area contributed by atoms with Gasteiger partial charge in [0.05, 0.1) is 19.0 Å². The molecule has 1 saturated heterocycles. The van der Waals surface area contributed by atoms with Crippen LogP contribution >= 0.6 is 11.8 Å². The number of aryl methyl sites for hydroxylation is 2. The van der Waals surface area contributed by atoms with Crippen LogP contribution in [-0.4, -0.2) is 52.6 Å². The van der Waals surface area contributed by atoms with Crippen LogP contribution in [0, 0.1) is 19.8 Å². The van der Waals surface area contributed by atoms with E-state index in [0.29, 0.717) is 24.9 Å². The van der Waals surface area contributed by atoms with E-state index in [0.717, 1.165) is 41.9 Å². The molecular formula is C20H28N4O2S. The number of hydrogen-bond acceptors (Lipinski definition) is 6. The average Bonchev–Trinajstić information content (AvgIpc) is 3.04. The minimum absolute atomic E-state index is 0.120.